The number of ether oxygens (including phenoxy) is 1. The monoisotopic (exact) mass is 256 g/mol. The summed E-state index contributed by atoms with van der Waals surface area (Å²) >= 11 is 0. The number of carbonyl (C=O) groups is 1. The summed E-state index contributed by atoms with van der Waals surface area (Å²) in [6.45, 7) is 0. The van der Waals surface area contributed by atoms with Crippen LogP contribution in [0.2, 0.25) is 0 Å². The molecule has 0 radical (unpaired) electrons. The predicted molar refractivity (Wildman–Crippen MR) is 75.5 cm³/mol. The second kappa shape index (κ2) is 5.60. The van der Waals surface area contributed by atoms with E-state index in [1.165, 1.54) is 32.1 Å². The van der Waals surface area contributed by atoms with Crippen molar-refractivity contribution in [1.82, 2.24) is 0 Å². The second-order valence-corrected chi connectivity index (χ2v) is 5.63. The molecule has 2 heteroatoms. The Bertz CT molecular complexity index is 469. The van der Waals surface area contributed by atoms with Crippen molar-refractivity contribution in [2.45, 2.75) is 44.6 Å². The number of hydrogen-bond donors (Lipinski definition) is 0. The van der Waals surface area contributed by atoms with E-state index in [1.54, 1.807) is 0 Å². The maximum Gasteiger partial charge on any atom is 0.334 e. The molecule has 1 aliphatic carbocycles. The van der Waals surface area contributed by atoms with Crippen LogP contribution in [0, 0.1) is 5.92 Å². The zero-order chi connectivity index (χ0) is 13.1. The van der Waals surface area contributed by atoms with Crippen LogP contribution < -0.4 is 0 Å². The lowest BCUT2D eigenvalue weighted by Gasteiger charge is -2.25. The lowest BCUT2D eigenvalue weighted by Crippen LogP contribution is -2.22. The van der Waals surface area contributed by atoms with Gasteiger partial charge in [0.1, 0.15) is 6.10 Å². The van der Waals surface area contributed by atoms with Crippen LogP contribution in [0.3, 0.4) is 0 Å². The molecule has 0 amide bonds. The molecule has 0 N–H and O–H groups in total. The van der Waals surface area contributed by atoms with Gasteiger partial charge >= 0.3 is 5.97 Å². The largest absolute Gasteiger partial charge is 0.458 e. The fourth-order valence-electron chi connectivity index (χ4n) is 3.19. The van der Waals surface area contributed by atoms with E-state index in [-0.39, 0.29) is 12.1 Å². The molecule has 2 aliphatic rings. The van der Waals surface area contributed by atoms with E-state index in [4.69, 9.17) is 4.74 Å². The summed E-state index contributed by atoms with van der Waals surface area (Å²) in [7, 11) is 0. The van der Waals surface area contributed by atoms with Crippen molar-refractivity contribution in [2.24, 2.45) is 5.92 Å². The molecule has 1 atom stereocenters. The summed E-state index contributed by atoms with van der Waals surface area (Å²) < 4.78 is 5.58. The molecule has 3 rings (SSSR count). The van der Waals surface area contributed by atoms with Gasteiger partial charge in [0, 0.05) is 12.0 Å². The van der Waals surface area contributed by atoms with Crippen molar-refractivity contribution in [3.05, 3.63) is 41.5 Å². The van der Waals surface area contributed by atoms with Crippen molar-refractivity contribution in [2.75, 3.05) is 0 Å². The van der Waals surface area contributed by atoms with E-state index in [1.807, 2.05) is 36.4 Å². The van der Waals surface area contributed by atoms with E-state index in [0.717, 1.165) is 17.6 Å². The molecule has 0 spiro atoms. The van der Waals surface area contributed by atoms with Gasteiger partial charge in [0.25, 0.3) is 0 Å². The topological polar surface area (TPSA) is 26.3 Å². The Hall–Kier alpha value is -1.57. The van der Waals surface area contributed by atoms with Crippen LogP contribution in [0.25, 0.3) is 6.08 Å². The quantitative estimate of drug-likeness (QED) is 0.591. The number of esters is 1. The summed E-state index contributed by atoms with van der Waals surface area (Å²) in [5.41, 5.74) is 1.92. The molecule has 1 saturated heterocycles. The van der Waals surface area contributed by atoms with Gasteiger partial charge in [-0.2, -0.15) is 0 Å². The Labute approximate surface area is 114 Å². The average Bonchev–Trinajstić information content (AvgIpc) is 2.82. The Morgan fingerprint density at radius 3 is 2.53 bits per heavy atom. The number of carbonyl (C=O) groups excluding carboxylic acids is 1. The Balaban J connectivity index is 1.71. The van der Waals surface area contributed by atoms with E-state index in [9.17, 15) is 4.79 Å². The van der Waals surface area contributed by atoms with Gasteiger partial charge in [0.05, 0.1) is 0 Å². The lowest BCUT2D eigenvalue weighted by atomic mass is 9.84. The highest BCUT2D eigenvalue weighted by Crippen LogP contribution is 2.35. The van der Waals surface area contributed by atoms with E-state index in [2.05, 4.69) is 0 Å². The summed E-state index contributed by atoms with van der Waals surface area (Å²) in [5.74, 6) is 0.471. The first-order chi connectivity index (χ1) is 9.33. The summed E-state index contributed by atoms with van der Waals surface area (Å²) in [6.07, 6.45) is 9.25. The molecule has 1 aromatic carbocycles. The van der Waals surface area contributed by atoms with Gasteiger partial charge in [0.2, 0.25) is 0 Å². The van der Waals surface area contributed by atoms with Gasteiger partial charge in [0.15, 0.2) is 0 Å². The molecule has 1 heterocycles. The minimum atomic E-state index is -0.112. The number of benzene rings is 1. The highest BCUT2D eigenvalue weighted by atomic mass is 16.5. The minimum Gasteiger partial charge on any atom is -0.458 e. The Morgan fingerprint density at radius 2 is 1.79 bits per heavy atom. The van der Waals surface area contributed by atoms with Crippen molar-refractivity contribution < 1.29 is 9.53 Å². The van der Waals surface area contributed by atoms with Gasteiger partial charge < -0.3 is 4.74 Å². The molecule has 19 heavy (non-hydrogen) atoms. The SMILES string of the molecule is O=C1OC(C2CCCCC2)C/C1=C\c1ccccc1. The van der Waals surface area contributed by atoms with Crippen molar-refractivity contribution in [3.63, 3.8) is 0 Å². The van der Waals surface area contributed by atoms with Crippen LogP contribution in [0.5, 0.6) is 0 Å². The normalized spacial score (nSPS) is 26.6. The van der Waals surface area contributed by atoms with Crippen LogP contribution in [0.4, 0.5) is 0 Å². The molecule has 2 fully saturated rings. The van der Waals surface area contributed by atoms with Crippen molar-refractivity contribution in [1.29, 1.82) is 0 Å². The first-order valence-electron chi connectivity index (χ1n) is 7.29. The predicted octanol–water partition coefficient (Wildman–Crippen LogP) is 3.97. The lowest BCUT2D eigenvalue weighted by molar-refractivity contribution is -0.141. The smallest absolute Gasteiger partial charge is 0.334 e. The molecular formula is C17H20O2. The van der Waals surface area contributed by atoms with Crippen LogP contribution in [-0.4, -0.2) is 12.1 Å². The average molecular weight is 256 g/mol. The number of cyclic esters (lactones) is 1. The Kier molecular flexibility index (Phi) is 3.67. The molecule has 0 bridgehead atoms. The van der Waals surface area contributed by atoms with Crippen LogP contribution in [0.1, 0.15) is 44.1 Å². The summed E-state index contributed by atoms with van der Waals surface area (Å²) in [6, 6.07) is 10.0. The van der Waals surface area contributed by atoms with Crippen LogP contribution in [-0.2, 0) is 9.53 Å². The first-order valence-corrected chi connectivity index (χ1v) is 7.29. The zero-order valence-electron chi connectivity index (χ0n) is 11.2. The molecule has 2 nitrogen and oxygen atoms in total. The molecule has 1 unspecified atom stereocenters. The van der Waals surface area contributed by atoms with Gasteiger partial charge in [-0.3, -0.25) is 0 Å². The third kappa shape index (κ3) is 2.89. The number of hydrogen-bond acceptors (Lipinski definition) is 2. The van der Waals surface area contributed by atoms with Gasteiger partial charge in [-0.1, -0.05) is 49.6 Å². The van der Waals surface area contributed by atoms with E-state index >= 15 is 0 Å². The zero-order valence-corrected chi connectivity index (χ0v) is 11.2. The summed E-state index contributed by atoms with van der Waals surface area (Å²) in [4.78, 5) is 11.9. The highest BCUT2D eigenvalue weighted by molar-refractivity contribution is 5.95. The van der Waals surface area contributed by atoms with Crippen molar-refractivity contribution >= 4 is 12.0 Å². The van der Waals surface area contributed by atoms with Gasteiger partial charge in [-0.25, -0.2) is 4.79 Å². The van der Waals surface area contributed by atoms with E-state index < -0.39 is 0 Å². The molecular weight excluding hydrogens is 236 g/mol. The van der Waals surface area contributed by atoms with Gasteiger partial charge in [-0.15, -0.1) is 0 Å². The Morgan fingerprint density at radius 1 is 1.05 bits per heavy atom. The van der Waals surface area contributed by atoms with Crippen molar-refractivity contribution in [3.8, 4) is 0 Å². The second-order valence-electron chi connectivity index (χ2n) is 5.63. The minimum absolute atomic E-state index is 0.112. The third-order valence-electron chi connectivity index (χ3n) is 4.26. The molecule has 1 saturated carbocycles. The maximum atomic E-state index is 11.9. The molecule has 1 aromatic rings. The fourth-order valence-corrected chi connectivity index (χ4v) is 3.19. The molecule has 0 aromatic heterocycles. The van der Waals surface area contributed by atoms with E-state index in [0.29, 0.717) is 5.92 Å². The van der Waals surface area contributed by atoms with Gasteiger partial charge in [-0.05, 0) is 30.4 Å². The molecule has 1 aliphatic heterocycles. The standard InChI is InChI=1S/C17H20O2/c18-17-15(11-13-7-3-1-4-8-13)12-16(19-17)14-9-5-2-6-10-14/h1,3-4,7-8,11,14,16H,2,5-6,9-10,12H2/b15-11+. The van der Waals surface area contributed by atoms with Crippen LogP contribution in [0.15, 0.2) is 35.9 Å². The van der Waals surface area contributed by atoms with Crippen LogP contribution >= 0.6 is 0 Å². The summed E-state index contributed by atoms with van der Waals surface area (Å²) in [5, 5.41) is 0. The fraction of sp³-hybridized carbons (Fsp3) is 0.471. The highest BCUT2D eigenvalue weighted by Gasteiger charge is 2.35. The maximum absolute atomic E-state index is 11.9. The molecule has 100 valence electrons. The first kappa shape index (κ1) is 12.5. The third-order valence-corrected chi connectivity index (χ3v) is 4.26. The number of rotatable bonds is 2.